The SMILES string of the molecule is C[C@@H](OC(=O)NCC(F)(F)C(F)(F)F)C(=O)NC1C(=O)N(C)c2ccccc2-c2ccccc21. The van der Waals surface area contributed by atoms with Crippen LogP contribution >= 0.6 is 0 Å². The number of alkyl halides is 5. The van der Waals surface area contributed by atoms with Crippen LogP contribution in [0.25, 0.3) is 11.1 Å². The molecule has 0 spiro atoms. The van der Waals surface area contributed by atoms with Crippen molar-refractivity contribution >= 4 is 23.6 Å². The van der Waals surface area contributed by atoms with Gasteiger partial charge in [-0.3, -0.25) is 9.59 Å². The standard InChI is InChI=1S/C22H20F5N3O4/c1-12(34-20(33)28-11-21(23,24)22(25,26)27)18(31)29-17-15-9-4-3-7-13(15)14-8-5-6-10-16(14)30(2)19(17)32/h3-10,12,17H,11H2,1-2H3,(H,28,33)(H,29,31)/t12-,17?/m1/s1. The molecule has 34 heavy (non-hydrogen) atoms. The minimum Gasteiger partial charge on any atom is -0.436 e. The number of nitrogens with one attached hydrogen (secondary N) is 2. The molecule has 0 aliphatic carbocycles. The van der Waals surface area contributed by atoms with Gasteiger partial charge in [-0.2, -0.15) is 22.0 Å². The summed E-state index contributed by atoms with van der Waals surface area (Å²) in [6.45, 7) is -0.969. The third kappa shape index (κ3) is 4.95. The fraction of sp³-hybridized carbons (Fsp3) is 0.318. The van der Waals surface area contributed by atoms with Gasteiger partial charge < -0.3 is 20.3 Å². The van der Waals surface area contributed by atoms with Gasteiger partial charge in [0.15, 0.2) is 6.10 Å². The molecule has 0 aromatic heterocycles. The Bertz CT molecular complexity index is 1110. The molecule has 0 saturated carbocycles. The number of hydrogen-bond donors (Lipinski definition) is 2. The van der Waals surface area contributed by atoms with Crippen molar-refractivity contribution in [1.82, 2.24) is 10.6 Å². The second-order valence-electron chi connectivity index (χ2n) is 7.55. The third-order valence-electron chi connectivity index (χ3n) is 5.21. The first-order chi connectivity index (χ1) is 15.8. The summed E-state index contributed by atoms with van der Waals surface area (Å²) in [6.07, 6.45) is -9.11. The number of benzene rings is 2. The lowest BCUT2D eigenvalue weighted by atomic mass is 9.95. The Morgan fingerprint density at radius 2 is 1.62 bits per heavy atom. The van der Waals surface area contributed by atoms with E-state index in [1.54, 1.807) is 42.5 Å². The van der Waals surface area contributed by atoms with E-state index in [-0.39, 0.29) is 0 Å². The first kappa shape index (κ1) is 24.9. The van der Waals surface area contributed by atoms with Gasteiger partial charge in [0, 0.05) is 12.6 Å². The molecule has 12 heteroatoms. The lowest BCUT2D eigenvalue weighted by Gasteiger charge is -2.24. The van der Waals surface area contributed by atoms with Crippen LogP contribution in [-0.2, 0) is 14.3 Å². The molecule has 2 N–H and O–H groups in total. The van der Waals surface area contributed by atoms with Gasteiger partial charge in [-0.25, -0.2) is 4.79 Å². The Balaban J connectivity index is 1.74. The Morgan fingerprint density at radius 1 is 1.03 bits per heavy atom. The van der Waals surface area contributed by atoms with Crippen molar-refractivity contribution in [2.24, 2.45) is 0 Å². The summed E-state index contributed by atoms with van der Waals surface area (Å²) >= 11 is 0. The second kappa shape index (κ2) is 9.27. The molecule has 1 aliphatic rings. The van der Waals surface area contributed by atoms with Crippen molar-refractivity contribution in [3.8, 4) is 11.1 Å². The van der Waals surface area contributed by atoms with Gasteiger partial charge in [-0.1, -0.05) is 42.5 Å². The number of carbonyl (C=O) groups is 3. The number of carbonyl (C=O) groups excluding carboxylic acids is 3. The minimum atomic E-state index is -5.86. The number of alkyl carbamates (subject to hydrolysis) is 1. The Morgan fingerprint density at radius 3 is 2.26 bits per heavy atom. The van der Waals surface area contributed by atoms with Crippen LogP contribution < -0.4 is 15.5 Å². The number of ether oxygens (including phenoxy) is 1. The summed E-state index contributed by atoms with van der Waals surface area (Å²) in [5, 5.41) is 3.75. The molecule has 7 nitrogen and oxygen atoms in total. The van der Waals surface area contributed by atoms with Gasteiger partial charge in [0.2, 0.25) is 0 Å². The van der Waals surface area contributed by atoms with Crippen LogP contribution in [-0.4, -0.2) is 49.7 Å². The lowest BCUT2D eigenvalue weighted by Crippen LogP contribution is -2.48. The molecule has 2 aromatic carbocycles. The van der Waals surface area contributed by atoms with E-state index in [9.17, 15) is 36.3 Å². The Kier molecular flexibility index (Phi) is 6.80. The van der Waals surface area contributed by atoms with E-state index in [1.165, 1.54) is 17.3 Å². The average molecular weight is 485 g/mol. The molecule has 2 aromatic rings. The zero-order chi connectivity index (χ0) is 25.3. The number of anilines is 1. The third-order valence-corrected chi connectivity index (χ3v) is 5.21. The molecular formula is C22H20F5N3O4. The number of nitrogens with zero attached hydrogens (tertiary/aromatic N) is 1. The molecule has 182 valence electrons. The number of para-hydroxylation sites is 1. The van der Waals surface area contributed by atoms with Gasteiger partial charge in [0.05, 0.1) is 12.2 Å². The quantitative estimate of drug-likeness (QED) is 0.631. The number of fused-ring (bicyclic) bond motifs is 3. The second-order valence-corrected chi connectivity index (χ2v) is 7.55. The van der Waals surface area contributed by atoms with Crippen LogP contribution in [0.2, 0.25) is 0 Å². The molecular weight excluding hydrogens is 465 g/mol. The maximum Gasteiger partial charge on any atom is 0.455 e. The smallest absolute Gasteiger partial charge is 0.436 e. The Hall–Kier alpha value is -3.70. The molecule has 0 saturated heterocycles. The van der Waals surface area contributed by atoms with Gasteiger partial charge >= 0.3 is 18.2 Å². The summed E-state index contributed by atoms with van der Waals surface area (Å²) < 4.78 is 67.2. The van der Waals surface area contributed by atoms with Gasteiger partial charge in [-0.15, -0.1) is 0 Å². The first-order valence-electron chi connectivity index (χ1n) is 9.99. The first-order valence-corrected chi connectivity index (χ1v) is 9.99. The largest absolute Gasteiger partial charge is 0.455 e. The van der Waals surface area contributed by atoms with E-state index >= 15 is 0 Å². The topological polar surface area (TPSA) is 87.7 Å². The van der Waals surface area contributed by atoms with Crippen molar-refractivity contribution < 1.29 is 41.1 Å². The zero-order valence-electron chi connectivity index (χ0n) is 18.0. The average Bonchev–Trinajstić information content (AvgIpc) is 2.87. The van der Waals surface area contributed by atoms with E-state index < -0.39 is 48.7 Å². The molecule has 1 heterocycles. The molecule has 0 radical (unpaired) electrons. The molecule has 1 aliphatic heterocycles. The van der Waals surface area contributed by atoms with Crippen molar-refractivity contribution in [2.45, 2.75) is 31.2 Å². The monoisotopic (exact) mass is 485 g/mol. The fourth-order valence-corrected chi connectivity index (χ4v) is 3.37. The van der Waals surface area contributed by atoms with Crippen LogP contribution in [0.1, 0.15) is 18.5 Å². The minimum absolute atomic E-state index is 0.471. The summed E-state index contributed by atoms with van der Waals surface area (Å²) in [5.41, 5.74) is 2.51. The van der Waals surface area contributed by atoms with Crippen molar-refractivity contribution in [3.05, 3.63) is 54.1 Å². The van der Waals surface area contributed by atoms with Crippen LogP contribution in [0.15, 0.2) is 48.5 Å². The fourth-order valence-electron chi connectivity index (χ4n) is 3.37. The number of rotatable bonds is 5. The van der Waals surface area contributed by atoms with E-state index in [0.29, 0.717) is 16.8 Å². The van der Waals surface area contributed by atoms with Crippen LogP contribution in [0.4, 0.5) is 32.4 Å². The molecule has 3 rings (SSSR count). The van der Waals surface area contributed by atoms with Gasteiger partial charge in [0.1, 0.15) is 6.04 Å². The van der Waals surface area contributed by atoms with E-state index in [1.807, 2.05) is 6.07 Å². The van der Waals surface area contributed by atoms with Crippen LogP contribution in [0.3, 0.4) is 0 Å². The van der Waals surface area contributed by atoms with Crippen LogP contribution in [0.5, 0.6) is 0 Å². The number of likely N-dealkylation sites (N-methyl/N-ethyl adjacent to an activating group) is 1. The van der Waals surface area contributed by atoms with Crippen LogP contribution in [0, 0.1) is 0 Å². The number of halogens is 5. The summed E-state index contributed by atoms with van der Waals surface area (Å²) in [4.78, 5) is 38.8. The zero-order valence-corrected chi connectivity index (χ0v) is 18.0. The highest BCUT2D eigenvalue weighted by molar-refractivity contribution is 6.06. The molecule has 0 bridgehead atoms. The highest BCUT2D eigenvalue weighted by atomic mass is 19.4. The number of hydrogen-bond acceptors (Lipinski definition) is 4. The summed E-state index contributed by atoms with van der Waals surface area (Å²) in [5.74, 6) is -6.62. The van der Waals surface area contributed by atoms with E-state index in [4.69, 9.17) is 0 Å². The maximum absolute atomic E-state index is 13.2. The van der Waals surface area contributed by atoms with Crippen molar-refractivity contribution in [2.75, 3.05) is 18.5 Å². The highest BCUT2D eigenvalue weighted by Crippen LogP contribution is 2.39. The summed E-state index contributed by atoms with van der Waals surface area (Å²) in [7, 11) is 1.53. The number of amides is 3. The van der Waals surface area contributed by atoms with Gasteiger partial charge in [-0.05, 0) is 24.1 Å². The van der Waals surface area contributed by atoms with E-state index in [2.05, 4.69) is 10.1 Å². The molecule has 2 atom stereocenters. The predicted molar refractivity (Wildman–Crippen MR) is 111 cm³/mol. The molecule has 1 unspecified atom stereocenters. The lowest BCUT2D eigenvalue weighted by molar-refractivity contribution is -0.278. The molecule has 0 fully saturated rings. The highest BCUT2D eigenvalue weighted by Gasteiger charge is 2.57. The normalized spacial score (nSPS) is 16.6. The Labute approximate surface area is 190 Å². The maximum atomic E-state index is 13.2. The molecule has 3 amide bonds. The predicted octanol–water partition coefficient (Wildman–Crippen LogP) is 3.80. The summed E-state index contributed by atoms with van der Waals surface area (Å²) in [6, 6.07) is 12.8. The van der Waals surface area contributed by atoms with Crippen molar-refractivity contribution in [3.63, 3.8) is 0 Å². The van der Waals surface area contributed by atoms with Crippen molar-refractivity contribution in [1.29, 1.82) is 0 Å². The van der Waals surface area contributed by atoms with E-state index in [0.717, 1.165) is 12.5 Å². The van der Waals surface area contributed by atoms with Gasteiger partial charge in [0.25, 0.3) is 11.8 Å².